The van der Waals surface area contributed by atoms with E-state index in [9.17, 15) is 4.79 Å². The van der Waals surface area contributed by atoms with Gasteiger partial charge in [0.05, 0.1) is 5.69 Å². The van der Waals surface area contributed by atoms with Crippen molar-refractivity contribution in [3.8, 4) is 0 Å². The van der Waals surface area contributed by atoms with Crippen molar-refractivity contribution in [2.24, 2.45) is 0 Å². The molecule has 1 aromatic rings. The van der Waals surface area contributed by atoms with Gasteiger partial charge in [-0.1, -0.05) is 6.07 Å². The molecule has 0 atom stereocenters. The van der Waals surface area contributed by atoms with E-state index >= 15 is 0 Å². The minimum atomic E-state index is -0.297. The molecule has 12 heavy (non-hydrogen) atoms. The van der Waals surface area contributed by atoms with Gasteiger partial charge in [0.1, 0.15) is 6.61 Å². The molecule has 0 aromatic heterocycles. The maximum Gasteiger partial charge on any atom is 0.414 e. The lowest BCUT2D eigenvalue weighted by molar-refractivity contribution is 0.143. The maximum absolute atomic E-state index is 11.1. The first-order chi connectivity index (χ1) is 5.79. The Kier molecular flexibility index (Phi) is 1.50. The van der Waals surface area contributed by atoms with Crippen LogP contribution in [-0.4, -0.2) is 13.1 Å². The molecular weight excluding hydrogens is 154 g/mol. The Morgan fingerprint density at radius 3 is 3.33 bits per heavy atom. The topological polar surface area (TPSA) is 29.5 Å². The molecule has 0 aliphatic carbocycles. The lowest BCUT2D eigenvalue weighted by atomic mass is 10.1. The van der Waals surface area contributed by atoms with Crippen LogP contribution in [0, 0.1) is 6.07 Å². The van der Waals surface area contributed by atoms with E-state index in [0.29, 0.717) is 6.61 Å². The van der Waals surface area contributed by atoms with E-state index in [-0.39, 0.29) is 6.09 Å². The van der Waals surface area contributed by atoms with Crippen LogP contribution in [0.25, 0.3) is 0 Å². The molecule has 1 amide bonds. The van der Waals surface area contributed by atoms with Crippen LogP contribution in [0.4, 0.5) is 10.5 Å². The molecule has 3 heteroatoms. The van der Waals surface area contributed by atoms with E-state index < -0.39 is 0 Å². The van der Waals surface area contributed by atoms with Crippen molar-refractivity contribution in [1.29, 1.82) is 0 Å². The zero-order valence-electron chi connectivity index (χ0n) is 6.70. The molecule has 1 radical (unpaired) electrons. The number of carbonyl (C=O) groups is 1. The molecular formula is C9H8NO2. The first-order valence-corrected chi connectivity index (χ1v) is 3.68. The summed E-state index contributed by atoms with van der Waals surface area (Å²) in [4.78, 5) is 12.5. The van der Waals surface area contributed by atoms with Crippen LogP contribution in [0.5, 0.6) is 0 Å². The second-order valence-electron chi connectivity index (χ2n) is 2.67. The van der Waals surface area contributed by atoms with Crippen LogP contribution in [-0.2, 0) is 11.3 Å². The van der Waals surface area contributed by atoms with Gasteiger partial charge in [-0.3, -0.25) is 4.90 Å². The van der Waals surface area contributed by atoms with E-state index in [1.165, 1.54) is 4.90 Å². The van der Waals surface area contributed by atoms with Gasteiger partial charge < -0.3 is 4.74 Å². The van der Waals surface area contributed by atoms with E-state index in [1.54, 1.807) is 13.1 Å². The average Bonchev–Trinajstić information content (AvgIpc) is 2.12. The van der Waals surface area contributed by atoms with Gasteiger partial charge in [-0.25, -0.2) is 4.79 Å². The lowest BCUT2D eigenvalue weighted by Gasteiger charge is -2.24. The zero-order valence-corrected chi connectivity index (χ0v) is 6.70. The van der Waals surface area contributed by atoms with E-state index in [0.717, 1.165) is 11.3 Å². The number of anilines is 1. The van der Waals surface area contributed by atoms with Crippen LogP contribution < -0.4 is 4.90 Å². The number of fused-ring (bicyclic) bond motifs is 1. The third-order valence-electron chi connectivity index (χ3n) is 1.91. The van der Waals surface area contributed by atoms with Gasteiger partial charge >= 0.3 is 6.09 Å². The molecule has 0 saturated carbocycles. The number of rotatable bonds is 0. The summed E-state index contributed by atoms with van der Waals surface area (Å²) in [5.74, 6) is 0. The maximum atomic E-state index is 11.1. The molecule has 0 unspecified atom stereocenters. The van der Waals surface area contributed by atoms with Crippen molar-refractivity contribution in [2.75, 3.05) is 11.9 Å². The summed E-state index contributed by atoms with van der Waals surface area (Å²) in [7, 11) is 1.69. The SMILES string of the molecule is CN1C(=O)OCc2c[c]ccc21. The van der Waals surface area contributed by atoms with Crippen LogP contribution in [0.3, 0.4) is 0 Å². The normalized spacial score (nSPS) is 15.4. The Morgan fingerprint density at radius 2 is 2.50 bits per heavy atom. The standard InChI is InChI=1S/C9H8NO2/c1-10-8-5-3-2-4-7(8)6-12-9(10)11/h3-5H,6H2,1H3. The lowest BCUT2D eigenvalue weighted by Crippen LogP contribution is -2.31. The first kappa shape index (κ1) is 7.16. The smallest absolute Gasteiger partial charge is 0.414 e. The van der Waals surface area contributed by atoms with E-state index in [4.69, 9.17) is 4.74 Å². The molecule has 61 valence electrons. The van der Waals surface area contributed by atoms with Crippen molar-refractivity contribution >= 4 is 11.8 Å². The summed E-state index contributed by atoms with van der Waals surface area (Å²) in [5.41, 5.74) is 1.91. The number of hydrogen-bond acceptors (Lipinski definition) is 2. The van der Waals surface area contributed by atoms with Crippen LogP contribution in [0.15, 0.2) is 18.2 Å². The Bertz CT molecular complexity index is 322. The summed E-state index contributed by atoms with van der Waals surface area (Å²) in [6, 6.07) is 8.41. The second-order valence-corrected chi connectivity index (χ2v) is 2.67. The van der Waals surface area contributed by atoms with Crippen molar-refractivity contribution in [1.82, 2.24) is 0 Å². The molecule has 1 aromatic carbocycles. The molecule has 0 bridgehead atoms. The fraction of sp³-hybridized carbons (Fsp3) is 0.222. The molecule has 1 aliphatic rings. The highest BCUT2D eigenvalue weighted by Crippen LogP contribution is 2.24. The number of hydrogen-bond donors (Lipinski definition) is 0. The first-order valence-electron chi connectivity index (χ1n) is 3.68. The number of benzene rings is 1. The largest absolute Gasteiger partial charge is 0.444 e. The van der Waals surface area contributed by atoms with Crippen molar-refractivity contribution in [2.45, 2.75) is 6.61 Å². The summed E-state index contributed by atoms with van der Waals surface area (Å²) in [6.45, 7) is 0.357. The van der Waals surface area contributed by atoms with Crippen molar-refractivity contribution in [3.63, 3.8) is 0 Å². The Labute approximate surface area is 70.6 Å². The van der Waals surface area contributed by atoms with Crippen LogP contribution in [0.1, 0.15) is 5.56 Å². The molecule has 1 aliphatic heterocycles. The molecule has 0 N–H and O–H groups in total. The number of nitrogens with zero attached hydrogens (tertiary/aromatic N) is 1. The van der Waals surface area contributed by atoms with Gasteiger partial charge in [-0.2, -0.15) is 0 Å². The Morgan fingerprint density at radius 1 is 1.67 bits per heavy atom. The fourth-order valence-corrected chi connectivity index (χ4v) is 1.23. The van der Waals surface area contributed by atoms with Gasteiger partial charge in [0, 0.05) is 12.6 Å². The summed E-state index contributed by atoms with van der Waals surface area (Å²) in [6.07, 6.45) is -0.297. The molecule has 2 rings (SSSR count). The van der Waals surface area contributed by atoms with Gasteiger partial charge in [0.25, 0.3) is 0 Å². The second kappa shape index (κ2) is 2.52. The minimum Gasteiger partial charge on any atom is -0.444 e. The molecule has 3 nitrogen and oxygen atoms in total. The van der Waals surface area contributed by atoms with E-state index in [2.05, 4.69) is 6.07 Å². The van der Waals surface area contributed by atoms with Gasteiger partial charge in [0.2, 0.25) is 0 Å². The Hall–Kier alpha value is -1.51. The molecule has 1 heterocycles. The van der Waals surface area contributed by atoms with Crippen LogP contribution in [0.2, 0.25) is 0 Å². The average molecular weight is 162 g/mol. The quantitative estimate of drug-likeness (QED) is 0.579. The monoisotopic (exact) mass is 162 g/mol. The summed E-state index contributed by atoms with van der Waals surface area (Å²) >= 11 is 0. The predicted octanol–water partition coefficient (Wildman–Crippen LogP) is 1.57. The molecule has 0 spiro atoms. The van der Waals surface area contributed by atoms with Gasteiger partial charge in [-0.05, 0) is 18.2 Å². The number of ether oxygens (including phenoxy) is 1. The highest BCUT2D eigenvalue weighted by molar-refractivity contribution is 5.89. The highest BCUT2D eigenvalue weighted by Gasteiger charge is 2.20. The molecule has 0 fully saturated rings. The minimum absolute atomic E-state index is 0.297. The fourth-order valence-electron chi connectivity index (χ4n) is 1.23. The number of carbonyl (C=O) groups excluding carboxylic acids is 1. The summed E-state index contributed by atoms with van der Waals surface area (Å²) in [5, 5.41) is 0. The highest BCUT2D eigenvalue weighted by atomic mass is 16.6. The molecule has 0 saturated heterocycles. The van der Waals surface area contributed by atoms with Gasteiger partial charge in [-0.15, -0.1) is 0 Å². The van der Waals surface area contributed by atoms with Crippen molar-refractivity contribution < 1.29 is 9.53 Å². The van der Waals surface area contributed by atoms with Crippen molar-refractivity contribution in [3.05, 3.63) is 29.8 Å². The Balaban J connectivity index is 2.48. The number of cyclic esters (lactones) is 1. The van der Waals surface area contributed by atoms with Crippen LogP contribution >= 0.6 is 0 Å². The number of amides is 1. The zero-order chi connectivity index (χ0) is 8.55. The third kappa shape index (κ3) is 0.942. The third-order valence-corrected chi connectivity index (χ3v) is 1.91. The van der Waals surface area contributed by atoms with E-state index in [1.807, 2.05) is 12.1 Å². The summed E-state index contributed by atoms with van der Waals surface area (Å²) < 4.78 is 4.88. The predicted molar refractivity (Wildman–Crippen MR) is 43.9 cm³/mol. The van der Waals surface area contributed by atoms with Gasteiger partial charge in [0.15, 0.2) is 0 Å².